The fourth-order valence-electron chi connectivity index (χ4n) is 1.96. The lowest BCUT2D eigenvalue weighted by atomic mass is 10.1. The van der Waals surface area contributed by atoms with Crippen molar-refractivity contribution in [1.29, 1.82) is 0 Å². The van der Waals surface area contributed by atoms with Crippen molar-refractivity contribution >= 4 is 11.6 Å². The zero-order valence-electron chi connectivity index (χ0n) is 12.7. The summed E-state index contributed by atoms with van der Waals surface area (Å²) in [4.78, 5) is 11.9. The molecule has 0 aliphatic carbocycles. The predicted octanol–water partition coefficient (Wildman–Crippen LogP) is 2.29. The number of nitrogens with one attached hydrogen (secondary N) is 1. The Balaban J connectivity index is 2.04. The van der Waals surface area contributed by atoms with Crippen LogP contribution in [-0.2, 0) is 11.3 Å². The Labute approximate surface area is 125 Å². The first-order valence-corrected chi connectivity index (χ1v) is 7.14. The minimum atomic E-state index is -0.0353. The molecule has 112 valence electrons. The molecule has 21 heavy (non-hydrogen) atoms. The van der Waals surface area contributed by atoms with Crippen LogP contribution in [0.25, 0.3) is 11.1 Å². The van der Waals surface area contributed by atoms with Crippen molar-refractivity contribution in [3.8, 4) is 11.1 Å². The SMILES string of the molecule is CC(C)C(C)NC(=O)Cn1cc(-c2ccccc2N)cn1. The molecule has 0 spiro atoms. The summed E-state index contributed by atoms with van der Waals surface area (Å²) in [5.74, 6) is 0.373. The van der Waals surface area contributed by atoms with Crippen LogP contribution in [0.3, 0.4) is 0 Å². The van der Waals surface area contributed by atoms with Crippen LogP contribution < -0.4 is 11.1 Å². The second-order valence-electron chi connectivity index (χ2n) is 5.61. The summed E-state index contributed by atoms with van der Waals surface area (Å²) in [6.07, 6.45) is 3.57. The molecule has 0 saturated heterocycles. The lowest BCUT2D eigenvalue weighted by Gasteiger charge is -2.17. The minimum Gasteiger partial charge on any atom is -0.398 e. The van der Waals surface area contributed by atoms with Gasteiger partial charge in [0.2, 0.25) is 5.91 Å². The second kappa shape index (κ2) is 6.43. The van der Waals surface area contributed by atoms with E-state index in [0.717, 1.165) is 11.1 Å². The van der Waals surface area contributed by atoms with Gasteiger partial charge in [-0.3, -0.25) is 9.48 Å². The van der Waals surface area contributed by atoms with E-state index in [0.29, 0.717) is 11.6 Å². The number of nitrogen functional groups attached to an aromatic ring is 1. The maximum absolute atomic E-state index is 11.9. The molecule has 1 unspecified atom stereocenters. The van der Waals surface area contributed by atoms with E-state index < -0.39 is 0 Å². The number of hydrogen-bond acceptors (Lipinski definition) is 3. The van der Waals surface area contributed by atoms with E-state index in [1.807, 2.05) is 37.4 Å². The van der Waals surface area contributed by atoms with Gasteiger partial charge in [-0.25, -0.2) is 0 Å². The zero-order valence-corrected chi connectivity index (χ0v) is 12.7. The van der Waals surface area contributed by atoms with Crippen LogP contribution in [0, 0.1) is 5.92 Å². The van der Waals surface area contributed by atoms with Crippen LogP contribution in [0.15, 0.2) is 36.7 Å². The van der Waals surface area contributed by atoms with Gasteiger partial charge in [0.1, 0.15) is 6.54 Å². The fraction of sp³-hybridized carbons (Fsp3) is 0.375. The Morgan fingerprint density at radius 2 is 2.05 bits per heavy atom. The van der Waals surface area contributed by atoms with Crippen molar-refractivity contribution in [2.24, 2.45) is 5.92 Å². The minimum absolute atomic E-state index is 0.0353. The number of nitrogens with two attached hydrogens (primary N) is 1. The number of carbonyl (C=O) groups is 1. The lowest BCUT2D eigenvalue weighted by molar-refractivity contribution is -0.122. The molecule has 1 atom stereocenters. The van der Waals surface area contributed by atoms with Crippen molar-refractivity contribution in [3.63, 3.8) is 0 Å². The van der Waals surface area contributed by atoms with Gasteiger partial charge in [0.25, 0.3) is 0 Å². The molecule has 2 aromatic rings. The van der Waals surface area contributed by atoms with E-state index >= 15 is 0 Å². The van der Waals surface area contributed by atoms with Crippen LogP contribution in [0.4, 0.5) is 5.69 Å². The number of rotatable bonds is 5. The highest BCUT2D eigenvalue weighted by atomic mass is 16.2. The third kappa shape index (κ3) is 3.84. The molecule has 0 radical (unpaired) electrons. The normalized spacial score (nSPS) is 12.4. The van der Waals surface area contributed by atoms with E-state index in [1.54, 1.807) is 10.9 Å². The molecule has 1 heterocycles. The highest BCUT2D eigenvalue weighted by Crippen LogP contribution is 2.24. The lowest BCUT2D eigenvalue weighted by Crippen LogP contribution is -2.38. The molecule has 0 saturated carbocycles. The molecular weight excluding hydrogens is 264 g/mol. The maximum Gasteiger partial charge on any atom is 0.241 e. The van der Waals surface area contributed by atoms with Gasteiger partial charge in [-0.1, -0.05) is 32.0 Å². The van der Waals surface area contributed by atoms with Crippen molar-refractivity contribution < 1.29 is 4.79 Å². The average molecular weight is 286 g/mol. The Hall–Kier alpha value is -2.30. The number of carbonyl (C=O) groups excluding carboxylic acids is 1. The summed E-state index contributed by atoms with van der Waals surface area (Å²) in [6.45, 7) is 6.37. The Morgan fingerprint density at radius 1 is 1.33 bits per heavy atom. The number of hydrogen-bond donors (Lipinski definition) is 2. The molecule has 2 rings (SSSR count). The number of para-hydroxylation sites is 1. The first-order valence-electron chi connectivity index (χ1n) is 7.14. The zero-order chi connectivity index (χ0) is 15.4. The summed E-state index contributed by atoms with van der Waals surface area (Å²) in [5.41, 5.74) is 8.49. The Bertz CT molecular complexity index is 618. The van der Waals surface area contributed by atoms with Crippen LogP contribution in [0.1, 0.15) is 20.8 Å². The smallest absolute Gasteiger partial charge is 0.241 e. The van der Waals surface area contributed by atoms with Crippen LogP contribution in [-0.4, -0.2) is 21.7 Å². The van der Waals surface area contributed by atoms with Gasteiger partial charge >= 0.3 is 0 Å². The van der Waals surface area contributed by atoms with Gasteiger partial charge in [0.05, 0.1) is 6.20 Å². The molecule has 0 aliphatic heterocycles. The van der Waals surface area contributed by atoms with Crippen molar-refractivity contribution in [2.75, 3.05) is 5.73 Å². The molecule has 0 fully saturated rings. The van der Waals surface area contributed by atoms with E-state index in [1.165, 1.54) is 0 Å². The molecule has 0 bridgehead atoms. The highest BCUT2D eigenvalue weighted by Gasteiger charge is 2.12. The summed E-state index contributed by atoms with van der Waals surface area (Å²) >= 11 is 0. The van der Waals surface area contributed by atoms with Gasteiger partial charge in [0, 0.05) is 29.1 Å². The molecule has 1 aromatic carbocycles. The molecule has 1 aromatic heterocycles. The number of nitrogens with zero attached hydrogens (tertiary/aromatic N) is 2. The number of benzene rings is 1. The number of aromatic nitrogens is 2. The quantitative estimate of drug-likeness (QED) is 0.828. The topological polar surface area (TPSA) is 72.9 Å². The fourth-order valence-corrected chi connectivity index (χ4v) is 1.96. The molecule has 0 aliphatic rings. The second-order valence-corrected chi connectivity index (χ2v) is 5.61. The van der Waals surface area contributed by atoms with E-state index in [9.17, 15) is 4.79 Å². The van der Waals surface area contributed by atoms with Crippen LogP contribution in [0.5, 0.6) is 0 Å². The van der Waals surface area contributed by atoms with Crippen molar-refractivity contribution in [3.05, 3.63) is 36.7 Å². The van der Waals surface area contributed by atoms with Gasteiger partial charge in [-0.15, -0.1) is 0 Å². The van der Waals surface area contributed by atoms with Crippen molar-refractivity contribution in [2.45, 2.75) is 33.4 Å². The standard InChI is InChI=1S/C16H22N4O/c1-11(2)12(3)19-16(21)10-20-9-13(8-18-20)14-6-4-5-7-15(14)17/h4-9,11-12H,10,17H2,1-3H3,(H,19,21). The van der Waals surface area contributed by atoms with E-state index in [4.69, 9.17) is 5.73 Å². The predicted molar refractivity (Wildman–Crippen MR) is 84.5 cm³/mol. The molecule has 5 heteroatoms. The van der Waals surface area contributed by atoms with Gasteiger partial charge < -0.3 is 11.1 Å². The summed E-state index contributed by atoms with van der Waals surface area (Å²) < 4.78 is 1.63. The largest absolute Gasteiger partial charge is 0.398 e. The number of amides is 1. The monoisotopic (exact) mass is 286 g/mol. The first-order chi connectivity index (χ1) is 9.97. The van der Waals surface area contributed by atoms with Crippen LogP contribution >= 0.6 is 0 Å². The molecule has 5 nitrogen and oxygen atoms in total. The highest BCUT2D eigenvalue weighted by molar-refractivity contribution is 5.77. The maximum atomic E-state index is 11.9. The van der Waals surface area contributed by atoms with E-state index in [-0.39, 0.29) is 18.5 Å². The molecular formula is C16H22N4O. The van der Waals surface area contributed by atoms with Crippen LogP contribution in [0.2, 0.25) is 0 Å². The van der Waals surface area contributed by atoms with Gasteiger partial charge in [-0.05, 0) is 18.9 Å². The summed E-state index contributed by atoms with van der Waals surface area (Å²) in [7, 11) is 0. The summed E-state index contributed by atoms with van der Waals surface area (Å²) in [6, 6.07) is 7.77. The van der Waals surface area contributed by atoms with Crippen molar-refractivity contribution in [1.82, 2.24) is 15.1 Å². The number of anilines is 1. The van der Waals surface area contributed by atoms with Gasteiger partial charge in [0.15, 0.2) is 0 Å². The summed E-state index contributed by atoms with van der Waals surface area (Å²) in [5, 5.41) is 7.19. The average Bonchev–Trinajstić information content (AvgIpc) is 2.87. The van der Waals surface area contributed by atoms with E-state index in [2.05, 4.69) is 24.3 Å². The Kier molecular flexibility index (Phi) is 4.62. The molecule has 1 amide bonds. The first kappa shape index (κ1) is 15.1. The molecule has 3 N–H and O–H groups in total. The van der Waals surface area contributed by atoms with Gasteiger partial charge in [-0.2, -0.15) is 5.10 Å². The Morgan fingerprint density at radius 3 is 2.71 bits per heavy atom. The third-order valence-corrected chi connectivity index (χ3v) is 3.60. The third-order valence-electron chi connectivity index (χ3n) is 3.60.